The number of hydrogen-bond donors (Lipinski definition) is 1. The van der Waals surface area contributed by atoms with E-state index >= 15 is 0 Å². The number of nitrogens with zero attached hydrogens (tertiary/aromatic N) is 4. The summed E-state index contributed by atoms with van der Waals surface area (Å²) < 4.78 is 6.70. The quantitative estimate of drug-likeness (QED) is 0.637. The molecule has 30 heavy (non-hydrogen) atoms. The van der Waals surface area contributed by atoms with Crippen molar-refractivity contribution < 1.29 is 9.84 Å². The Kier molecular flexibility index (Phi) is 5.39. The molecule has 1 atom stereocenters. The third-order valence-electron chi connectivity index (χ3n) is 5.17. The molecule has 1 unspecified atom stereocenters. The number of aromatic nitrogens is 3. The van der Waals surface area contributed by atoms with Crippen molar-refractivity contribution in [2.24, 2.45) is 7.05 Å². The average molecular weight is 426 g/mol. The van der Waals surface area contributed by atoms with Gasteiger partial charge in [-0.2, -0.15) is 0 Å². The molecule has 4 rings (SSSR count). The highest BCUT2D eigenvalue weighted by molar-refractivity contribution is 6.33. The van der Waals surface area contributed by atoms with Crippen molar-refractivity contribution in [2.75, 3.05) is 6.61 Å². The Morgan fingerprint density at radius 1 is 1.33 bits per heavy atom. The van der Waals surface area contributed by atoms with E-state index in [1.807, 2.05) is 18.3 Å². The van der Waals surface area contributed by atoms with Crippen LogP contribution in [-0.2, 0) is 11.8 Å². The van der Waals surface area contributed by atoms with Crippen molar-refractivity contribution >= 4 is 28.3 Å². The highest BCUT2D eigenvalue weighted by Gasteiger charge is 2.16. The molecule has 2 aromatic heterocycles. The summed E-state index contributed by atoms with van der Waals surface area (Å²) in [6.07, 6.45) is 5.22. The van der Waals surface area contributed by atoms with E-state index in [1.54, 1.807) is 17.7 Å². The molecule has 8 heteroatoms. The zero-order chi connectivity index (χ0) is 21.4. The second-order valence-electron chi connectivity index (χ2n) is 7.63. The van der Waals surface area contributed by atoms with Gasteiger partial charge in [0.2, 0.25) is 0 Å². The Hall–Kier alpha value is -3.06. The van der Waals surface area contributed by atoms with Gasteiger partial charge in [0.1, 0.15) is 12.0 Å². The first kappa shape index (κ1) is 20.2. The SMILES string of the molecule is CC(C)c1cn(C)c(=O)c2ccc(-c3nc([N-]C4CCOC=C4O)ncc3Cl)cc12. The van der Waals surface area contributed by atoms with Crippen LogP contribution < -0.4 is 5.56 Å². The van der Waals surface area contributed by atoms with Gasteiger partial charge in [-0.25, -0.2) is 0 Å². The molecule has 0 fully saturated rings. The Bertz CT molecular complexity index is 1200. The fourth-order valence-corrected chi connectivity index (χ4v) is 3.75. The summed E-state index contributed by atoms with van der Waals surface area (Å²) in [5, 5.41) is 16.3. The van der Waals surface area contributed by atoms with Crippen LogP contribution >= 0.6 is 11.6 Å². The lowest BCUT2D eigenvalue weighted by Crippen LogP contribution is -2.18. The minimum Gasteiger partial charge on any atom is -0.508 e. The molecule has 156 valence electrons. The van der Waals surface area contributed by atoms with Crippen molar-refractivity contribution in [1.82, 2.24) is 14.5 Å². The van der Waals surface area contributed by atoms with Crippen LogP contribution in [-0.4, -0.2) is 32.3 Å². The molecular formula is C22H22ClN4O3-. The van der Waals surface area contributed by atoms with Crippen LogP contribution in [0.5, 0.6) is 0 Å². The zero-order valence-electron chi connectivity index (χ0n) is 17.0. The zero-order valence-corrected chi connectivity index (χ0v) is 17.7. The maximum Gasteiger partial charge on any atom is 0.258 e. The highest BCUT2D eigenvalue weighted by Crippen LogP contribution is 2.33. The molecule has 1 aromatic carbocycles. The average Bonchev–Trinajstić information content (AvgIpc) is 2.73. The van der Waals surface area contributed by atoms with Gasteiger partial charge >= 0.3 is 0 Å². The van der Waals surface area contributed by atoms with E-state index in [0.717, 1.165) is 16.5 Å². The van der Waals surface area contributed by atoms with Gasteiger partial charge in [-0.1, -0.05) is 31.5 Å². The van der Waals surface area contributed by atoms with E-state index in [4.69, 9.17) is 16.3 Å². The molecule has 3 aromatic rings. The number of halogens is 1. The van der Waals surface area contributed by atoms with Gasteiger partial charge in [0.05, 0.1) is 17.7 Å². The maximum absolute atomic E-state index is 12.6. The molecule has 0 aliphatic carbocycles. The van der Waals surface area contributed by atoms with Crippen LogP contribution in [0.3, 0.4) is 0 Å². The van der Waals surface area contributed by atoms with Gasteiger partial charge in [-0.15, -0.1) is 0 Å². The number of hydrogen-bond acceptors (Lipinski definition) is 5. The van der Waals surface area contributed by atoms with E-state index in [0.29, 0.717) is 29.1 Å². The summed E-state index contributed by atoms with van der Waals surface area (Å²) in [7, 11) is 1.76. The number of benzene rings is 1. The van der Waals surface area contributed by atoms with Crippen molar-refractivity contribution in [2.45, 2.75) is 32.2 Å². The molecule has 0 radical (unpaired) electrons. The van der Waals surface area contributed by atoms with Crippen LogP contribution in [0, 0.1) is 0 Å². The normalized spacial score (nSPS) is 16.4. The number of aliphatic hydroxyl groups is 1. The van der Waals surface area contributed by atoms with Gasteiger partial charge in [0, 0.05) is 30.3 Å². The fraction of sp³-hybridized carbons (Fsp3) is 0.318. The largest absolute Gasteiger partial charge is 0.508 e. The van der Waals surface area contributed by atoms with Gasteiger partial charge in [-0.05, 0) is 47.2 Å². The van der Waals surface area contributed by atoms with Crippen LogP contribution in [0.15, 0.2) is 47.4 Å². The van der Waals surface area contributed by atoms with Crippen LogP contribution in [0.1, 0.15) is 31.7 Å². The second kappa shape index (κ2) is 7.99. The Balaban J connectivity index is 1.79. The molecular weight excluding hydrogens is 404 g/mol. The first-order valence-electron chi connectivity index (χ1n) is 9.73. The minimum atomic E-state index is -0.444. The lowest BCUT2D eigenvalue weighted by molar-refractivity contribution is 0.185. The van der Waals surface area contributed by atoms with Gasteiger partial charge in [0.25, 0.3) is 5.56 Å². The fourth-order valence-electron chi connectivity index (χ4n) is 3.55. The van der Waals surface area contributed by atoms with Crippen molar-refractivity contribution in [3.63, 3.8) is 0 Å². The molecule has 0 amide bonds. The molecule has 0 spiro atoms. The highest BCUT2D eigenvalue weighted by atomic mass is 35.5. The monoisotopic (exact) mass is 425 g/mol. The topological polar surface area (TPSA) is 91.3 Å². The van der Waals surface area contributed by atoms with E-state index in [1.165, 1.54) is 12.5 Å². The minimum absolute atomic E-state index is 0.0458. The number of aliphatic hydroxyl groups excluding tert-OH is 1. The predicted molar refractivity (Wildman–Crippen MR) is 117 cm³/mol. The lowest BCUT2D eigenvalue weighted by Gasteiger charge is -2.26. The van der Waals surface area contributed by atoms with Gasteiger partial charge < -0.3 is 29.7 Å². The van der Waals surface area contributed by atoms with Crippen LogP contribution in [0.2, 0.25) is 5.02 Å². The predicted octanol–water partition coefficient (Wildman–Crippen LogP) is 4.97. The van der Waals surface area contributed by atoms with E-state index < -0.39 is 6.04 Å². The third kappa shape index (κ3) is 3.73. The summed E-state index contributed by atoms with van der Waals surface area (Å²) in [5.41, 5.74) is 2.32. The summed E-state index contributed by atoms with van der Waals surface area (Å²) in [6.45, 7) is 4.65. The lowest BCUT2D eigenvalue weighted by atomic mass is 9.96. The molecule has 7 nitrogen and oxygen atoms in total. The van der Waals surface area contributed by atoms with Crippen molar-refractivity contribution in [3.05, 3.63) is 68.9 Å². The number of fused-ring (bicyclic) bond motifs is 1. The standard InChI is InChI=1S/C22H22ClN4O3/c1-12(2)16-10-27(3)21(29)14-5-4-13(8-15(14)16)20-17(23)9-24-22(26-20)25-18-6-7-30-11-19(18)28/h4-5,8-12,18H,6-7H2,1-3H3,(H-,24,25,26,28)/q-1. The summed E-state index contributed by atoms with van der Waals surface area (Å²) >= 11 is 6.40. The van der Waals surface area contributed by atoms with Crippen molar-refractivity contribution in [1.29, 1.82) is 0 Å². The second-order valence-corrected chi connectivity index (χ2v) is 8.04. The number of ether oxygens (including phenoxy) is 1. The summed E-state index contributed by atoms with van der Waals surface area (Å²) in [6, 6.07) is 5.13. The summed E-state index contributed by atoms with van der Waals surface area (Å²) in [5.74, 6) is 0.517. The Morgan fingerprint density at radius 3 is 2.87 bits per heavy atom. The van der Waals surface area contributed by atoms with Gasteiger partial charge in [0.15, 0.2) is 0 Å². The molecule has 0 saturated carbocycles. The maximum atomic E-state index is 12.6. The smallest absolute Gasteiger partial charge is 0.258 e. The number of rotatable bonds is 4. The molecule has 1 N–H and O–H groups in total. The first-order valence-corrected chi connectivity index (χ1v) is 10.1. The number of aryl methyl sites for hydroxylation is 1. The molecule has 0 bridgehead atoms. The van der Waals surface area contributed by atoms with Gasteiger partial charge in [-0.3, -0.25) is 4.79 Å². The Labute approximate surface area is 179 Å². The van der Waals surface area contributed by atoms with Crippen LogP contribution in [0.4, 0.5) is 5.95 Å². The molecule has 3 heterocycles. The summed E-state index contributed by atoms with van der Waals surface area (Å²) in [4.78, 5) is 21.3. The first-order chi connectivity index (χ1) is 14.3. The third-order valence-corrected chi connectivity index (χ3v) is 5.44. The molecule has 1 aliphatic heterocycles. The van der Waals surface area contributed by atoms with E-state index in [-0.39, 0.29) is 23.2 Å². The Morgan fingerprint density at radius 2 is 2.13 bits per heavy atom. The van der Waals surface area contributed by atoms with E-state index in [9.17, 15) is 9.90 Å². The molecule has 1 aliphatic rings. The molecule has 0 saturated heterocycles. The van der Waals surface area contributed by atoms with E-state index in [2.05, 4.69) is 29.1 Å². The van der Waals surface area contributed by atoms with Crippen LogP contribution in [0.25, 0.3) is 27.3 Å². The number of pyridine rings is 1. The van der Waals surface area contributed by atoms with Crippen molar-refractivity contribution in [3.8, 4) is 11.3 Å².